The monoisotopic (exact) mass is 258 g/mol. The maximum Gasteiger partial charge on any atom is 0.387 e. The third-order valence-electron chi connectivity index (χ3n) is 2.38. The number of benzene rings is 1. The first-order chi connectivity index (χ1) is 8.40. The van der Waals surface area contributed by atoms with Gasteiger partial charge < -0.3 is 15.8 Å². The van der Waals surface area contributed by atoms with Gasteiger partial charge in [0.25, 0.3) is 0 Å². The molecule has 0 saturated heterocycles. The minimum Gasteiger partial charge on any atom is -0.435 e. The number of hydrogen-bond donors (Lipinski definition) is 2. The van der Waals surface area contributed by atoms with E-state index in [1.807, 2.05) is 0 Å². The maximum absolute atomic E-state index is 11.9. The number of carbonyl (C=O) groups is 1. The van der Waals surface area contributed by atoms with Gasteiger partial charge in [0.2, 0.25) is 5.91 Å². The van der Waals surface area contributed by atoms with Gasteiger partial charge in [0.15, 0.2) is 0 Å². The number of nitrogens with one attached hydrogen (secondary N) is 1. The number of carbonyl (C=O) groups excluding carboxylic acids is 1. The quantitative estimate of drug-likeness (QED) is 0.846. The van der Waals surface area contributed by atoms with E-state index in [1.165, 1.54) is 12.1 Å². The second kappa shape index (κ2) is 6.30. The van der Waals surface area contributed by atoms with E-state index in [0.29, 0.717) is 0 Å². The van der Waals surface area contributed by atoms with Crippen LogP contribution in [0.2, 0.25) is 0 Å². The van der Waals surface area contributed by atoms with Crippen molar-refractivity contribution in [2.24, 2.45) is 5.73 Å². The first kappa shape index (κ1) is 14.4. The number of hydrogen-bond acceptors (Lipinski definition) is 3. The third-order valence-corrected chi connectivity index (χ3v) is 2.38. The summed E-state index contributed by atoms with van der Waals surface area (Å²) in [6.45, 7) is 0.524. The lowest BCUT2D eigenvalue weighted by Gasteiger charge is -2.16. The van der Waals surface area contributed by atoms with Gasteiger partial charge in [0, 0.05) is 0 Å². The standard InChI is InChI=1S/C12H16F2N2O2/c1-7(15)11(17)16-8(2)9-3-5-10(6-4-9)18-12(13)14/h3-8,12H,15H2,1-2H3,(H,16,17)/t7-,8?/m1/s1. The summed E-state index contributed by atoms with van der Waals surface area (Å²) in [5, 5.41) is 2.70. The second-order valence-electron chi connectivity index (χ2n) is 3.97. The molecule has 0 radical (unpaired) electrons. The van der Waals surface area contributed by atoms with Crippen molar-refractivity contribution in [2.75, 3.05) is 0 Å². The molecule has 1 rings (SSSR count). The Labute approximate surface area is 104 Å². The Morgan fingerprint density at radius 1 is 1.28 bits per heavy atom. The van der Waals surface area contributed by atoms with Gasteiger partial charge in [-0.2, -0.15) is 8.78 Å². The van der Waals surface area contributed by atoms with E-state index in [9.17, 15) is 13.6 Å². The van der Waals surface area contributed by atoms with Crippen molar-refractivity contribution in [3.05, 3.63) is 29.8 Å². The zero-order chi connectivity index (χ0) is 13.7. The third kappa shape index (κ3) is 4.29. The Morgan fingerprint density at radius 2 is 1.83 bits per heavy atom. The maximum atomic E-state index is 11.9. The van der Waals surface area contributed by atoms with Crippen LogP contribution in [-0.4, -0.2) is 18.6 Å². The van der Waals surface area contributed by atoms with E-state index >= 15 is 0 Å². The van der Waals surface area contributed by atoms with Gasteiger partial charge in [-0.3, -0.25) is 4.79 Å². The van der Waals surface area contributed by atoms with Crippen LogP contribution in [0.25, 0.3) is 0 Å². The van der Waals surface area contributed by atoms with E-state index < -0.39 is 12.7 Å². The molecule has 0 fully saturated rings. The molecule has 0 bridgehead atoms. The van der Waals surface area contributed by atoms with Crippen molar-refractivity contribution in [1.29, 1.82) is 0 Å². The lowest BCUT2D eigenvalue weighted by Crippen LogP contribution is -2.39. The number of amides is 1. The Bertz CT molecular complexity index is 394. The van der Waals surface area contributed by atoms with Gasteiger partial charge in [-0.15, -0.1) is 0 Å². The van der Waals surface area contributed by atoms with E-state index in [1.54, 1.807) is 26.0 Å². The van der Waals surface area contributed by atoms with Crippen LogP contribution in [0.3, 0.4) is 0 Å². The molecule has 0 spiro atoms. The molecule has 100 valence electrons. The van der Waals surface area contributed by atoms with E-state index in [2.05, 4.69) is 10.1 Å². The Morgan fingerprint density at radius 3 is 2.28 bits per heavy atom. The fourth-order valence-corrected chi connectivity index (χ4v) is 1.37. The van der Waals surface area contributed by atoms with Gasteiger partial charge in [-0.25, -0.2) is 0 Å². The molecule has 18 heavy (non-hydrogen) atoms. The molecule has 1 aromatic rings. The van der Waals surface area contributed by atoms with Crippen LogP contribution in [0.15, 0.2) is 24.3 Å². The predicted molar refractivity (Wildman–Crippen MR) is 63.3 cm³/mol. The summed E-state index contributed by atoms with van der Waals surface area (Å²) in [4.78, 5) is 11.4. The zero-order valence-corrected chi connectivity index (χ0v) is 10.2. The topological polar surface area (TPSA) is 64.4 Å². The molecule has 0 aliphatic rings. The molecule has 6 heteroatoms. The Balaban J connectivity index is 2.64. The highest BCUT2D eigenvalue weighted by Crippen LogP contribution is 2.19. The van der Waals surface area contributed by atoms with Crippen molar-refractivity contribution < 1.29 is 18.3 Å². The van der Waals surface area contributed by atoms with Crippen LogP contribution < -0.4 is 15.8 Å². The van der Waals surface area contributed by atoms with Crippen LogP contribution in [0.1, 0.15) is 25.5 Å². The van der Waals surface area contributed by atoms with E-state index in [4.69, 9.17) is 5.73 Å². The SMILES string of the molecule is CC(NC(=O)[C@@H](C)N)c1ccc(OC(F)F)cc1. The van der Waals surface area contributed by atoms with Crippen LogP contribution in [0, 0.1) is 0 Å². The van der Waals surface area contributed by atoms with E-state index in [-0.39, 0.29) is 17.7 Å². The molecule has 0 aliphatic heterocycles. The molecule has 0 aromatic heterocycles. The van der Waals surface area contributed by atoms with Crippen molar-refractivity contribution in [2.45, 2.75) is 32.5 Å². The summed E-state index contributed by atoms with van der Waals surface area (Å²) >= 11 is 0. The van der Waals surface area contributed by atoms with Crippen LogP contribution in [0.5, 0.6) is 5.75 Å². The van der Waals surface area contributed by atoms with Crippen molar-refractivity contribution in [1.82, 2.24) is 5.32 Å². The summed E-state index contributed by atoms with van der Waals surface area (Å²) in [7, 11) is 0. The van der Waals surface area contributed by atoms with Gasteiger partial charge >= 0.3 is 6.61 Å². The molecule has 4 nitrogen and oxygen atoms in total. The fourth-order valence-electron chi connectivity index (χ4n) is 1.37. The highest BCUT2D eigenvalue weighted by atomic mass is 19.3. The van der Waals surface area contributed by atoms with Crippen molar-refractivity contribution >= 4 is 5.91 Å². The van der Waals surface area contributed by atoms with Gasteiger partial charge in [-0.1, -0.05) is 12.1 Å². The lowest BCUT2D eigenvalue weighted by atomic mass is 10.1. The molecule has 1 aromatic carbocycles. The minimum atomic E-state index is -2.84. The van der Waals surface area contributed by atoms with Gasteiger partial charge in [-0.05, 0) is 31.5 Å². The molecule has 1 amide bonds. The lowest BCUT2D eigenvalue weighted by molar-refractivity contribution is -0.122. The van der Waals surface area contributed by atoms with Crippen LogP contribution in [-0.2, 0) is 4.79 Å². The van der Waals surface area contributed by atoms with Crippen molar-refractivity contribution in [3.63, 3.8) is 0 Å². The van der Waals surface area contributed by atoms with Gasteiger partial charge in [0.05, 0.1) is 12.1 Å². The average Bonchev–Trinajstić information content (AvgIpc) is 2.28. The first-order valence-corrected chi connectivity index (χ1v) is 5.51. The number of nitrogens with two attached hydrogens (primary N) is 1. The number of ether oxygens (including phenoxy) is 1. The predicted octanol–water partition coefficient (Wildman–Crippen LogP) is 1.81. The number of halogens is 2. The number of rotatable bonds is 5. The fraction of sp³-hybridized carbons (Fsp3) is 0.417. The highest BCUT2D eigenvalue weighted by Gasteiger charge is 2.13. The van der Waals surface area contributed by atoms with Crippen LogP contribution >= 0.6 is 0 Å². The summed E-state index contributed by atoms with van der Waals surface area (Å²) in [6, 6.07) is 5.25. The Hall–Kier alpha value is -1.69. The largest absolute Gasteiger partial charge is 0.435 e. The summed E-state index contributed by atoms with van der Waals surface area (Å²) in [5.74, 6) is -0.185. The first-order valence-electron chi connectivity index (χ1n) is 5.51. The molecule has 1 unspecified atom stereocenters. The minimum absolute atomic E-state index is 0.0828. The molecule has 0 saturated carbocycles. The molecular formula is C12H16F2N2O2. The summed E-state index contributed by atoms with van der Waals surface area (Å²) < 4.78 is 28.1. The van der Waals surface area contributed by atoms with Gasteiger partial charge in [0.1, 0.15) is 5.75 Å². The summed E-state index contributed by atoms with van der Waals surface area (Å²) in [6.07, 6.45) is 0. The highest BCUT2D eigenvalue weighted by molar-refractivity contribution is 5.81. The number of alkyl halides is 2. The molecule has 2 atom stereocenters. The molecule has 0 heterocycles. The second-order valence-corrected chi connectivity index (χ2v) is 3.97. The molecule has 0 aliphatic carbocycles. The molecule has 3 N–H and O–H groups in total. The van der Waals surface area contributed by atoms with E-state index in [0.717, 1.165) is 5.56 Å². The Kier molecular flexibility index (Phi) is 5.03. The zero-order valence-electron chi connectivity index (χ0n) is 10.2. The smallest absolute Gasteiger partial charge is 0.387 e. The normalized spacial score (nSPS) is 14.1. The van der Waals surface area contributed by atoms with Crippen LogP contribution in [0.4, 0.5) is 8.78 Å². The average molecular weight is 258 g/mol. The molecular weight excluding hydrogens is 242 g/mol. The summed E-state index contributed by atoms with van der Waals surface area (Å²) in [5.41, 5.74) is 6.21. The van der Waals surface area contributed by atoms with Crippen molar-refractivity contribution in [3.8, 4) is 5.75 Å².